The van der Waals surface area contributed by atoms with Gasteiger partial charge in [-0.1, -0.05) is 266 Å². The number of unbranched alkanes of at least 4 members (excludes halogenated alkanes) is 34. The van der Waals surface area contributed by atoms with Crippen molar-refractivity contribution in [1.82, 2.24) is 0 Å². The summed E-state index contributed by atoms with van der Waals surface area (Å²) in [4.78, 5) is 46.8. The molecular weight excluding hydrogens is 1230 g/mol. The first kappa shape index (κ1) is 87.4. The smallest absolute Gasteiger partial charge is 0.387 e. The van der Waals surface area contributed by atoms with E-state index in [1.807, 2.05) is 0 Å². The number of rotatable bonds is 49. The van der Waals surface area contributed by atoms with Gasteiger partial charge < -0.3 is 124 Å². The molecule has 0 saturated heterocycles. The molecule has 0 bridgehead atoms. The van der Waals surface area contributed by atoms with E-state index < -0.39 is 0 Å². The third-order valence-corrected chi connectivity index (χ3v) is 11.5. The molecule has 0 spiro atoms. The molecule has 0 aliphatic carbocycles. The fourth-order valence-electron chi connectivity index (χ4n) is 6.75. The molecule has 75 heavy (non-hydrogen) atoms. The summed E-state index contributed by atoms with van der Waals surface area (Å²) >= 11 is 44.5. The molecule has 21 heteroatoms. The van der Waals surface area contributed by atoms with Gasteiger partial charge in [-0.2, -0.15) is 24.4 Å². The van der Waals surface area contributed by atoms with Gasteiger partial charge in [-0.3, -0.25) is 0 Å². The molecule has 0 unspecified atom stereocenters. The molecule has 0 aliphatic rings. The Labute approximate surface area is 529 Å². The molecule has 0 amide bonds. The van der Waals surface area contributed by atoms with Gasteiger partial charge >= 0.3 is 21.1 Å². The molecule has 0 atom stereocenters. The van der Waals surface area contributed by atoms with Crippen LogP contribution in [0.25, 0.3) is 0 Å². The summed E-state index contributed by atoms with van der Waals surface area (Å²) in [5.41, 5.74) is 0. The zero-order valence-electron chi connectivity index (χ0n) is 47.2. The van der Waals surface area contributed by atoms with Crippen LogP contribution < -0.4 is 0 Å². The molecule has 0 N–H and O–H groups in total. The van der Waals surface area contributed by atoms with Crippen molar-refractivity contribution in [3.8, 4) is 0 Å². The fourth-order valence-corrected chi connectivity index (χ4v) is 7.23. The van der Waals surface area contributed by atoms with Crippen molar-refractivity contribution in [2.24, 2.45) is 0 Å². The monoisotopic (exact) mass is 1330 g/mol. The first-order chi connectivity index (χ1) is 35.9. The van der Waals surface area contributed by atoms with Gasteiger partial charge in [0, 0.05) is 0 Å². The largest absolute Gasteiger partial charge is 4.00 e. The minimum Gasteiger partial charge on any atom is -0.387 e. The first-order valence-electron chi connectivity index (χ1n) is 28.4. The predicted octanol–water partition coefficient (Wildman–Crippen LogP) is 19.5. The Kier molecular flexibility index (Phi) is 97.9. The molecule has 0 aromatic carbocycles. The van der Waals surface area contributed by atoms with E-state index in [0.717, 1.165) is 32.1 Å². The maximum atomic E-state index is 4.81. The maximum absolute atomic E-state index is 4.81. The molecule has 0 aliphatic heterocycles. The Morgan fingerprint density at radius 2 is 0.387 bits per heavy atom. The van der Waals surface area contributed by atoms with E-state index in [-0.39, 0.29) is 43.0 Å². The van der Waals surface area contributed by atoms with Crippen molar-refractivity contribution in [1.29, 1.82) is 0 Å². The van der Waals surface area contributed by atoms with Crippen LogP contribution in [-0.4, -0.2) is 54.9 Å². The molecule has 0 aromatic heterocycles. The standard InChI is InChI=1S/4C11H22O2S2.C10H20O2S2.Mo/c4*1-2-3-4-5-6-7-8-9-10-12-13-11(14)15;1-2-3-4-5-6-7-8-9-11-12-10(13)14;/h4*2-10H2,1H3,(H,14,15);2-9H2,1H3,(H,13,14);/q;;;;;+4/p-4. The van der Waals surface area contributed by atoms with Crippen LogP contribution in [0.2, 0.25) is 0 Å². The Hall–Kier alpha value is 1.17. The molecule has 0 aromatic rings. The Bertz CT molecular complexity index is 1010. The van der Waals surface area contributed by atoms with Crippen molar-refractivity contribution in [2.45, 2.75) is 285 Å². The van der Waals surface area contributed by atoms with Gasteiger partial charge in [-0.05, 0) is 44.3 Å². The van der Waals surface area contributed by atoms with Crippen molar-refractivity contribution < 1.29 is 69.9 Å². The summed E-state index contributed by atoms with van der Waals surface area (Å²) in [6, 6.07) is 0. The Morgan fingerprint density at radius 3 is 0.520 bits per heavy atom. The van der Waals surface area contributed by atoms with Gasteiger partial charge in [0.05, 0.1) is 50.6 Å². The number of hydrogen-bond acceptors (Lipinski definition) is 19. The van der Waals surface area contributed by atoms with Gasteiger partial charge in [0.25, 0.3) is 4.38 Å². The van der Waals surface area contributed by atoms with Crippen LogP contribution in [0.4, 0.5) is 0 Å². The minimum atomic E-state index is 0. The number of thiocarbonyl (C=S) groups is 5. The van der Waals surface area contributed by atoms with Gasteiger partial charge in [0.1, 0.15) is 0 Å². The quantitative estimate of drug-likeness (QED) is 0.0119. The van der Waals surface area contributed by atoms with Gasteiger partial charge in [-0.15, -0.1) is 0 Å². The van der Waals surface area contributed by atoms with Crippen molar-refractivity contribution in [3.05, 3.63) is 0 Å². The summed E-state index contributed by atoms with van der Waals surface area (Å²) in [5.74, 6) is 0. The molecule has 446 valence electrons. The van der Waals surface area contributed by atoms with Crippen LogP contribution in [0.15, 0.2) is 0 Å². The van der Waals surface area contributed by atoms with Crippen molar-refractivity contribution in [2.75, 3.05) is 33.0 Å². The number of hydrogen-bond donors (Lipinski definition) is 1. The van der Waals surface area contributed by atoms with Crippen LogP contribution in [0.3, 0.4) is 0 Å². The number of thiol groups is 1. The third-order valence-electron chi connectivity index (χ3n) is 10.8. The van der Waals surface area contributed by atoms with Gasteiger partial charge in [-0.25, -0.2) is 0 Å². The summed E-state index contributed by atoms with van der Waals surface area (Å²) < 4.78 is 0.293. The van der Waals surface area contributed by atoms with Gasteiger partial charge in [0.15, 0.2) is 0 Å². The van der Waals surface area contributed by atoms with Crippen LogP contribution in [0.1, 0.15) is 285 Å². The Morgan fingerprint density at radius 1 is 0.253 bits per heavy atom. The maximum Gasteiger partial charge on any atom is 4.00 e. The average molecular weight is 1330 g/mol. The summed E-state index contributed by atoms with van der Waals surface area (Å²) in [6.07, 6.45) is 49.9. The third kappa shape index (κ3) is 111. The molecule has 0 saturated carbocycles. The Balaban J connectivity index is -0.000000198. The second kappa shape index (κ2) is 84.0. The minimum absolute atomic E-state index is 0. The van der Waals surface area contributed by atoms with E-state index in [1.54, 1.807) is 0 Å². The zero-order chi connectivity index (χ0) is 56.1. The van der Waals surface area contributed by atoms with Gasteiger partial charge in [0.2, 0.25) is 0 Å². The fraction of sp³-hybridized carbons (Fsp3) is 0.907. The topological polar surface area (TPSA) is 92.3 Å². The van der Waals surface area contributed by atoms with Crippen LogP contribution in [-0.2, 0) is 120 Å². The predicted molar refractivity (Wildman–Crippen MR) is 345 cm³/mol. The van der Waals surface area contributed by atoms with Crippen LogP contribution >= 0.6 is 73.7 Å². The molecule has 10 nitrogen and oxygen atoms in total. The van der Waals surface area contributed by atoms with Crippen molar-refractivity contribution in [3.63, 3.8) is 0 Å². The normalized spacial score (nSPS) is 10.1. The van der Waals surface area contributed by atoms with Crippen LogP contribution in [0.5, 0.6) is 0 Å². The molecular formula is C54H104MoO10S10. The average Bonchev–Trinajstić information content (AvgIpc) is 3.36. The van der Waals surface area contributed by atoms with E-state index in [0.29, 0.717) is 33.0 Å². The summed E-state index contributed by atoms with van der Waals surface area (Å²) in [6.45, 7) is 14.1. The summed E-state index contributed by atoms with van der Waals surface area (Å²) in [5, 5.41) is 0. The van der Waals surface area contributed by atoms with E-state index >= 15 is 0 Å². The second-order valence-corrected chi connectivity index (χ2v) is 22.9. The van der Waals surface area contributed by atoms with E-state index in [1.165, 1.54) is 218 Å². The first-order valence-corrected chi connectivity index (χ1v) is 32.5. The van der Waals surface area contributed by atoms with E-state index in [9.17, 15) is 0 Å². The SMILES string of the molecule is CCCCCCCCCCOOC(=S)[S-].CCCCCCCCCCOOC(=S)[S-].CCCCCCCCCCOOC(=S)[S-].CCCCCCCCCCOOC(=S)[S-].CCCCCCCCCOOC(=S)S.[Mo+4]. The van der Waals surface area contributed by atoms with E-state index in [2.05, 4.69) is 183 Å². The second-order valence-electron chi connectivity index (χ2n) is 17.8. The molecule has 0 heterocycles. The molecule has 0 fully saturated rings. The van der Waals surface area contributed by atoms with Crippen LogP contribution in [0, 0.1) is 0 Å². The molecule has 0 radical (unpaired) electrons. The van der Waals surface area contributed by atoms with E-state index in [4.69, 9.17) is 24.4 Å². The van der Waals surface area contributed by atoms with Crippen molar-refractivity contribution >= 4 is 146 Å². The zero-order valence-corrected chi connectivity index (χ0v) is 57.5. The summed E-state index contributed by atoms with van der Waals surface area (Å²) in [7, 11) is 0. The molecule has 0 rings (SSSR count).